The highest BCUT2D eigenvalue weighted by Crippen LogP contribution is 2.25. The van der Waals surface area contributed by atoms with Crippen LogP contribution in [0, 0.1) is 0 Å². The Morgan fingerprint density at radius 2 is 1.76 bits per heavy atom. The van der Waals surface area contributed by atoms with Gasteiger partial charge in [-0.3, -0.25) is 4.99 Å². The van der Waals surface area contributed by atoms with E-state index in [2.05, 4.69) is 37.3 Å². The third-order valence-corrected chi connectivity index (χ3v) is 3.52. The summed E-state index contributed by atoms with van der Waals surface area (Å²) in [6.45, 7) is 2.25. The van der Waals surface area contributed by atoms with Crippen molar-refractivity contribution in [2.24, 2.45) is 4.99 Å². The number of rotatable bonds is 4. The minimum atomic E-state index is 0.397. The zero-order chi connectivity index (χ0) is 11.9. The van der Waals surface area contributed by atoms with Crippen LogP contribution in [-0.2, 0) is 0 Å². The Morgan fingerprint density at radius 3 is 2.41 bits per heavy atom. The van der Waals surface area contributed by atoms with Gasteiger partial charge in [0.15, 0.2) is 0 Å². The molecular formula is C16H23N. The van der Waals surface area contributed by atoms with E-state index < -0.39 is 0 Å². The Morgan fingerprint density at radius 1 is 1.06 bits per heavy atom. The molecule has 1 fully saturated rings. The molecule has 1 atom stereocenters. The highest BCUT2D eigenvalue weighted by Gasteiger charge is 2.12. The standard InChI is InChI=1S/C16H23N/c1-2-9-16(14-10-5-3-6-11-14)17-15-12-7-4-8-13-15/h3,5-6,10-11,16H,2,4,7-9,12-13H2,1H3. The van der Waals surface area contributed by atoms with Crippen LogP contribution in [0.2, 0.25) is 0 Å². The van der Waals surface area contributed by atoms with Gasteiger partial charge in [0.1, 0.15) is 0 Å². The molecule has 1 aromatic rings. The van der Waals surface area contributed by atoms with Crippen LogP contribution < -0.4 is 0 Å². The molecule has 1 nitrogen and oxygen atoms in total. The molecule has 0 aliphatic heterocycles. The molecule has 1 aromatic carbocycles. The van der Waals surface area contributed by atoms with Crippen LogP contribution in [-0.4, -0.2) is 5.71 Å². The lowest BCUT2D eigenvalue weighted by Crippen LogP contribution is -2.07. The van der Waals surface area contributed by atoms with Crippen molar-refractivity contribution in [2.75, 3.05) is 0 Å². The van der Waals surface area contributed by atoms with E-state index in [4.69, 9.17) is 4.99 Å². The summed E-state index contributed by atoms with van der Waals surface area (Å²) in [6, 6.07) is 11.2. The molecule has 1 unspecified atom stereocenters. The smallest absolute Gasteiger partial charge is 0.0748 e. The first-order valence-corrected chi connectivity index (χ1v) is 7.00. The van der Waals surface area contributed by atoms with Gasteiger partial charge in [-0.2, -0.15) is 0 Å². The molecule has 1 saturated carbocycles. The zero-order valence-electron chi connectivity index (χ0n) is 10.9. The second kappa shape index (κ2) is 6.58. The Balaban J connectivity index is 2.11. The highest BCUT2D eigenvalue weighted by atomic mass is 14.8. The maximum Gasteiger partial charge on any atom is 0.0748 e. The maximum atomic E-state index is 5.01. The van der Waals surface area contributed by atoms with Gasteiger partial charge in [0.25, 0.3) is 0 Å². The summed E-state index contributed by atoms with van der Waals surface area (Å²) < 4.78 is 0. The van der Waals surface area contributed by atoms with Crippen LogP contribution in [0.25, 0.3) is 0 Å². The van der Waals surface area contributed by atoms with Crippen molar-refractivity contribution in [2.45, 2.75) is 57.9 Å². The second-order valence-corrected chi connectivity index (χ2v) is 4.97. The lowest BCUT2D eigenvalue weighted by molar-refractivity contribution is 0.614. The van der Waals surface area contributed by atoms with Gasteiger partial charge in [-0.15, -0.1) is 0 Å². The molecule has 0 radical (unpaired) electrons. The van der Waals surface area contributed by atoms with Gasteiger partial charge in [0.2, 0.25) is 0 Å². The van der Waals surface area contributed by atoms with Crippen molar-refractivity contribution in [1.82, 2.24) is 0 Å². The first-order valence-electron chi connectivity index (χ1n) is 7.00. The van der Waals surface area contributed by atoms with Crippen LogP contribution in [0.5, 0.6) is 0 Å². The lowest BCUT2D eigenvalue weighted by Gasteiger charge is -2.18. The summed E-state index contributed by atoms with van der Waals surface area (Å²) >= 11 is 0. The van der Waals surface area contributed by atoms with E-state index >= 15 is 0 Å². The van der Waals surface area contributed by atoms with E-state index in [9.17, 15) is 0 Å². The number of nitrogens with zero attached hydrogens (tertiary/aromatic N) is 1. The Hall–Kier alpha value is -1.11. The molecule has 0 heterocycles. The summed E-state index contributed by atoms with van der Waals surface area (Å²) in [6.07, 6.45) is 8.91. The van der Waals surface area contributed by atoms with E-state index in [-0.39, 0.29) is 0 Å². The predicted octanol–water partition coefficient (Wildman–Crippen LogP) is 4.93. The fourth-order valence-corrected chi connectivity index (χ4v) is 2.56. The molecule has 92 valence electrons. The van der Waals surface area contributed by atoms with E-state index in [1.165, 1.54) is 56.2 Å². The highest BCUT2D eigenvalue weighted by molar-refractivity contribution is 5.85. The summed E-state index contributed by atoms with van der Waals surface area (Å²) in [5.74, 6) is 0. The largest absolute Gasteiger partial charge is 0.286 e. The monoisotopic (exact) mass is 229 g/mol. The third kappa shape index (κ3) is 3.69. The van der Waals surface area contributed by atoms with Gasteiger partial charge in [0.05, 0.1) is 6.04 Å². The molecule has 0 saturated heterocycles. The summed E-state index contributed by atoms with van der Waals surface area (Å²) in [4.78, 5) is 5.01. The average molecular weight is 229 g/mol. The van der Waals surface area contributed by atoms with E-state index in [1.54, 1.807) is 0 Å². The van der Waals surface area contributed by atoms with Crippen molar-refractivity contribution in [3.63, 3.8) is 0 Å². The van der Waals surface area contributed by atoms with Crippen molar-refractivity contribution in [3.8, 4) is 0 Å². The molecule has 1 aliphatic rings. The van der Waals surface area contributed by atoms with Crippen LogP contribution in [0.15, 0.2) is 35.3 Å². The molecule has 1 aliphatic carbocycles. The molecule has 17 heavy (non-hydrogen) atoms. The number of benzene rings is 1. The normalized spacial score (nSPS) is 17.8. The Labute approximate surface area is 105 Å². The fraction of sp³-hybridized carbons (Fsp3) is 0.562. The predicted molar refractivity (Wildman–Crippen MR) is 74.6 cm³/mol. The summed E-state index contributed by atoms with van der Waals surface area (Å²) in [5.41, 5.74) is 2.84. The fourth-order valence-electron chi connectivity index (χ4n) is 2.56. The molecule has 0 aromatic heterocycles. The van der Waals surface area contributed by atoms with Crippen molar-refractivity contribution in [3.05, 3.63) is 35.9 Å². The molecule has 1 heteroatoms. The Kier molecular flexibility index (Phi) is 4.78. The van der Waals surface area contributed by atoms with Crippen LogP contribution >= 0.6 is 0 Å². The average Bonchev–Trinajstić information content (AvgIpc) is 2.40. The topological polar surface area (TPSA) is 12.4 Å². The molecule has 2 rings (SSSR count). The maximum absolute atomic E-state index is 5.01. The zero-order valence-corrected chi connectivity index (χ0v) is 10.9. The molecular weight excluding hydrogens is 206 g/mol. The minimum absolute atomic E-state index is 0.397. The summed E-state index contributed by atoms with van der Waals surface area (Å²) in [5, 5.41) is 0. The quantitative estimate of drug-likeness (QED) is 0.694. The SMILES string of the molecule is CCCC(N=C1CCCCC1)c1ccccc1. The number of hydrogen-bond acceptors (Lipinski definition) is 1. The van der Waals surface area contributed by atoms with Crippen molar-refractivity contribution in [1.29, 1.82) is 0 Å². The van der Waals surface area contributed by atoms with Gasteiger partial charge in [-0.05, 0) is 37.7 Å². The van der Waals surface area contributed by atoms with E-state index in [0.29, 0.717) is 6.04 Å². The first-order chi connectivity index (χ1) is 8.40. The van der Waals surface area contributed by atoms with Crippen LogP contribution in [0.1, 0.15) is 63.5 Å². The van der Waals surface area contributed by atoms with E-state index in [0.717, 1.165) is 0 Å². The molecule has 0 N–H and O–H groups in total. The second-order valence-electron chi connectivity index (χ2n) is 4.97. The van der Waals surface area contributed by atoms with Crippen molar-refractivity contribution >= 4 is 5.71 Å². The van der Waals surface area contributed by atoms with Crippen molar-refractivity contribution < 1.29 is 0 Å². The van der Waals surface area contributed by atoms with Gasteiger partial charge in [0, 0.05) is 5.71 Å². The number of aliphatic imine (C=N–C) groups is 1. The van der Waals surface area contributed by atoms with Crippen LogP contribution in [0.3, 0.4) is 0 Å². The van der Waals surface area contributed by atoms with Gasteiger partial charge < -0.3 is 0 Å². The third-order valence-electron chi connectivity index (χ3n) is 3.52. The van der Waals surface area contributed by atoms with E-state index in [1.807, 2.05) is 0 Å². The van der Waals surface area contributed by atoms with Gasteiger partial charge in [-0.25, -0.2) is 0 Å². The van der Waals surface area contributed by atoms with Gasteiger partial charge in [-0.1, -0.05) is 50.1 Å². The van der Waals surface area contributed by atoms with Gasteiger partial charge >= 0.3 is 0 Å². The number of hydrogen-bond donors (Lipinski definition) is 0. The lowest BCUT2D eigenvalue weighted by atomic mass is 9.97. The molecule has 0 amide bonds. The summed E-state index contributed by atoms with van der Waals surface area (Å²) in [7, 11) is 0. The first kappa shape index (κ1) is 12.3. The Bertz CT molecular complexity index is 345. The van der Waals surface area contributed by atoms with Crippen LogP contribution in [0.4, 0.5) is 0 Å². The molecule has 0 spiro atoms. The molecule has 0 bridgehead atoms. The minimum Gasteiger partial charge on any atom is -0.286 e.